The molecule has 1 aliphatic heterocycles. The van der Waals surface area contributed by atoms with Crippen molar-refractivity contribution in [2.75, 3.05) is 13.2 Å². The highest BCUT2D eigenvalue weighted by Gasteiger charge is 2.36. The summed E-state index contributed by atoms with van der Waals surface area (Å²) in [4.78, 5) is 0. The van der Waals surface area contributed by atoms with Gasteiger partial charge in [-0.15, -0.1) is 0 Å². The normalized spacial score (nSPS) is 22.0. The summed E-state index contributed by atoms with van der Waals surface area (Å²) in [5.41, 5.74) is 0.180. The average molecular weight is 256 g/mol. The minimum absolute atomic E-state index is 0.180. The lowest BCUT2D eigenvalue weighted by atomic mass is 9.94. The molecule has 18 heavy (non-hydrogen) atoms. The van der Waals surface area contributed by atoms with Gasteiger partial charge in [0.2, 0.25) is 0 Å². The van der Waals surface area contributed by atoms with Crippen molar-refractivity contribution in [2.45, 2.75) is 84.8 Å². The van der Waals surface area contributed by atoms with Crippen molar-refractivity contribution in [1.29, 1.82) is 0 Å². The van der Waals surface area contributed by atoms with Crippen molar-refractivity contribution in [3.8, 4) is 0 Å². The predicted molar refractivity (Wildman–Crippen MR) is 76.7 cm³/mol. The van der Waals surface area contributed by atoms with Crippen LogP contribution in [-0.2, 0) is 9.47 Å². The second-order valence-corrected chi connectivity index (χ2v) is 6.75. The summed E-state index contributed by atoms with van der Waals surface area (Å²) >= 11 is 0. The molecule has 108 valence electrons. The molecule has 0 atom stereocenters. The summed E-state index contributed by atoms with van der Waals surface area (Å²) in [6.07, 6.45) is 10.4. The fourth-order valence-corrected chi connectivity index (χ4v) is 2.33. The molecular weight excluding hydrogens is 224 g/mol. The van der Waals surface area contributed by atoms with Crippen LogP contribution in [0.25, 0.3) is 0 Å². The third-order valence-corrected chi connectivity index (χ3v) is 3.77. The van der Waals surface area contributed by atoms with Crippen molar-refractivity contribution in [3.63, 3.8) is 0 Å². The third kappa shape index (κ3) is 6.19. The maximum atomic E-state index is 5.90. The van der Waals surface area contributed by atoms with Crippen LogP contribution >= 0.6 is 0 Å². The molecule has 0 aliphatic carbocycles. The fourth-order valence-electron chi connectivity index (χ4n) is 2.33. The van der Waals surface area contributed by atoms with Gasteiger partial charge in [0.25, 0.3) is 0 Å². The van der Waals surface area contributed by atoms with E-state index in [2.05, 4.69) is 27.7 Å². The van der Waals surface area contributed by atoms with Gasteiger partial charge < -0.3 is 9.47 Å². The molecule has 1 rings (SSSR count). The van der Waals surface area contributed by atoms with Gasteiger partial charge in [-0.1, -0.05) is 59.3 Å². The van der Waals surface area contributed by atoms with E-state index in [1.54, 1.807) is 0 Å². The monoisotopic (exact) mass is 256 g/mol. The first-order valence-electron chi connectivity index (χ1n) is 7.75. The Bertz CT molecular complexity index is 213. The van der Waals surface area contributed by atoms with Crippen molar-refractivity contribution in [2.24, 2.45) is 5.41 Å². The number of hydrogen-bond donors (Lipinski definition) is 0. The first-order chi connectivity index (χ1) is 8.47. The molecule has 0 N–H and O–H groups in total. The molecule has 0 spiro atoms. The number of rotatable bonds is 8. The minimum atomic E-state index is -0.320. The zero-order valence-corrected chi connectivity index (χ0v) is 12.9. The standard InChI is InChI=1S/C16H32O2/c1-5-6-7-8-9-10-11-12-16(4)17-13-15(2,3)14-18-16/h5-14H2,1-4H3. The second kappa shape index (κ2) is 7.49. The lowest BCUT2D eigenvalue weighted by Gasteiger charge is -2.41. The molecule has 1 fully saturated rings. The van der Waals surface area contributed by atoms with E-state index in [1.807, 2.05) is 0 Å². The Morgan fingerprint density at radius 2 is 1.28 bits per heavy atom. The summed E-state index contributed by atoms with van der Waals surface area (Å²) in [6, 6.07) is 0. The topological polar surface area (TPSA) is 18.5 Å². The number of ether oxygens (including phenoxy) is 2. The molecule has 0 saturated carbocycles. The van der Waals surface area contributed by atoms with Crippen LogP contribution in [0.4, 0.5) is 0 Å². The van der Waals surface area contributed by atoms with E-state index in [4.69, 9.17) is 9.47 Å². The smallest absolute Gasteiger partial charge is 0.165 e. The molecule has 1 heterocycles. The fraction of sp³-hybridized carbons (Fsp3) is 1.00. The molecule has 0 unspecified atom stereocenters. The first-order valence-corrected chi connectivity index (χ1v) is 7.75. The SMILES string of the molecule is CCCCCCCCCC1(C)OCC(C)(C)CO1. The Morgan fingerprint density at radius 1 is 0.778 bits per heavy atom. The molecule has 0 radical (unpaired) electrons. The minimum Gasteiger partial charge on any atom is -0.350 e. The Kier molecular flexibility index (Phi) is 6.65. The van der Waals surface area contributed by atoms with Crippen LogP contribution in [0.2, 0.25) is 0 Å². The van der Waals surface area contributed by atoms with Gasteiger partial charge in [-0.25, -0.2) is 0 Å². The van der Waals surface area contributed by atoms with Gasteiger partial charge >= 0.3 is 0 Å². The van der Waals surface area contributed by atoms with E-state index in [0.29, 0.717) is 0 Å². The van der Waals surface area contributed by atoms with Crippen LogP contribution in [0, 0.1) is 5.41 Å². The maximum absolute atomic E-state index is 5.90. The second-order valence-electron chi connectivity index (χ2n) is 6.75. The van der Waals surface area contributed by atoms with E-state index in [9.17, 15) is 0 Å². The molecular formula is C16H32O2. The summed E-state index contributed by atoms with van der Waals surface area (Å²) in [5.74, 6) is -0.320. The molecule has 2 nitrogen and oxygen atoms in total. The summed E-state index contributed by atoms with van der Waals surface area (Å²) in [6.45, 7) is 10.4. The van der Waals surface area contributed by atoms with E-state index < -0.39 is 0 Å². The van der Waals surface area contributed by atoms with Crippen LogP contribution in [0.1, 0.15) is 79.1 Å². The molecule has 1 saturated heterocycles. The van der Waals surface area contributed by atoms with Gasteiger partial charge in [-0.3, -0.25) is 0 Å². The molecule has 2 heteroatoms. The van der Waals surface area contributed by atoms with Gasteiger partial charge in [-0.2, -0.15) is 0 Å². The Hall–Kier alpha value is -0.0800. The van der Waals surface area contributed by atoms with Crippen LogP contribution in [0.15, 0.2) is 0 Å². The molecule has 1 aliphatic rings. The average Bonchev–Trinajstić information content (AvgIpc) is 2.33. The van der Waals surface area contributed by atoms with Crippen LogP contribution in [0.3, 0.4) is 0 Å². The quantitative estimate of drug-likeness (QED) is 0.574. The predicted octanol–water partition coefficient (Wildman–Crippen LogP) is 4.92. The molecule has 0 aromatic heterocycles. The Balaban J connectivity index is 2.05. The van der Waals surface area contributed by atoms with Crippen LogP contribution < -0.4 is 0 Å². The summed E-state index contributed by atoms with van der Waals surface area (Å²) in [5, 5.41) is 0. The maximum Gasteiger partial charge on any atom is 0.165 e. The van der Waals surface area contributed by atoms with Crippen LogP contribution in [0.5, 0.6) is 0 Å². The highest BCUT2D eigenvalue weighted by Crippen LogP contribution is 2.32. The van der Waals surface area contributed by atoms with Crippen molar-refractivity contribution in [1.82, 2.24) is 0 Å². The first kappa shape index (κ1) is 16.0. The third-order valence-electron chi connectivity index (χ3n) is 3.77. The Labute approximate surface area is 113 Å². The van der Waals surface area contributed by atoms with Crippen molar-refractivity contribution < 1.29 is 9.47 Å². The van der Waals surface area contributed by atoms with E-state index in [1.165, 1.54) is 44.9 Å². The highest BCUT2D eigenvalue weighted by atomic mass is 16.7. The lowest BCUT2D eigenvalue weighted by Crippen LogP contribution is -2.45. The Morgan fingerprint density at radius 3 is 1.83 bits per heavy atom. The molecule has 0 aromatic carbocycles. The lowest BCUT2D eigenvalue weighted by molar-refractivity contribution is -0.292. The molecule has 0 bridgehead atoms. The van der Waals surface area contributed by atoms with Crippen molar-refractivity contribution in [3.05, 3.63) is 0 Å². The van der Waals surface area contributed by atoms with Crippen LogP contribution in [-0.4, -0.2) is 19.0 Å². The zero-order valence-electron chi connectivity index (χ0n) is 12.9. The van der Waals surface area contributed by atoms with Gasteiger partial charge in [-0.05, 0) is 13.3 Å². The zero-order chi connectivity index (χ0) is 13.5. The largest absolute Gasteiger partial charge is 0.350 e. The molecule has 0 amide bonds. The molecule has 0 aromatic rings. The van der Waals surface area contributed by atoms with Gasteiger partial charge in [0, 0.05) is 11.8 Å². The van der Waals surface area contributed by atoms with Gasteiger partial charge in [0.05, 0.1) is 13.2 Å². The van der Waals surface area contributed by atoms with Gasteiger partial charge in [0.1, 0.15) is 0 Å². The summed E-state index contributed by atoms with van der Waals surface area (Å²) < 4.78 is 11.8. The highest BCUT2D eigenvalue weighted by molar-refractivity contribution is 4.77. The van der Waals surface area contributed by atoms with E-state index in [0.717, 1.165) is 19.6 Å². The van der Waals surface area contributed by atoms with Gasteiger partial charge in [0.15, 0.2) is 5.79 Å². The van der Waals surface area contributed by atoms with E-state index in [-0.39, 0.29) is 11.2 Å². The number of unbranched alkanes of at least 4 members (excludes halogenated alkanes) is 6. The van der Waals surface area contributed by atoms with Crippen molar-refractivity contribution >= 4 is 0 Å². The number of hydrogen-bond acceptors (Lipinski definition) is 2. The van der Waals surface area contributed by atoms with E-state index >= 15 is 0 Å². The summed E-state index contributed by atoms with van der Waals surface area (Å²) in [7, 11) is 0.